The van der Waals surface area contributed by atoms with Crippen LogP contribution in [0.4, 0.5) is 15.4 Å². The zero-order chi connectivity index (χ0) is 44.2. The molecule has 4 aromatic rings. The Morgan fingerprint density at radius 1 is 0.656 bits per heavy atom. The second-order valence-electron chi connectivity index (χ2n) is 19.5. The third-order valence-corrected chi connectivity index (χ3v) is 12.1. The van der Waals surface area contributed by atoms with E-state index in [1.165, 1.54) is 51.4 Å². The van der Waals surface area contributed by atoms with Crippen molar-refractivity contribution >= 4 is 40.9 Å². The molecule has 5 fully saturated rings. The minimum absolute atomic E-state index is 0.0697. The van der Waals surface area contributed by atoms with Crippen molar-refractivity contribution in [1.82, 2.24) is 39.0 Å². The van der Waals surface area contributed by atoms with Crippen LogP contribution >= 0.6 is 11.6 Å². The van der Waals surface area contributed by atoms with Crippen molar-refractivity contribution in [2.24, 2.45) is 5.73 Å². The molecule has 0 radical (unpaired) electrons. The molecular formula is C46H71ClN10O4. The Balaban J connectivity index is 0.000000173. The van der Waals surface area contributed by atoms with E-state index in [4.69, 9.17) is 36.9 Å². The molecule has 2 atom stereocenters. The van der Waals surface area contributed by atoms with Crippen LogP contribution in [0.25, 0.3) is 11.3 Å². The molecule has 2 amide bonds. The highest BCUT2D eigenvalue weighted by Gasteiger charge is 2.35. The molecule has 0 spiro atoms. The van der Waals surface area contributed by atoms with E-state index in [1.807, 2.05) is 83.9 Å². The molecule has 3 aliphatic carbocycles. The number of rotatable bonds is 4. The molecule has 2 aliphatic heterocycles. The normalized spacial score (nSPS) is 20.3. The van der Waals surface area contributed by atoms with Crippen molar-refractivity contribution in [3.63, 3.8) is 0 Å². The van der Waals surface area contributed by atoms with Gasteiger partial charge in [-0.25, -0.2) is 24.1 Å². The second kappa shape index (κ2) is 19.5. The highest BCUT2D eigenvalue weighted by atomic mass is 35.5. The van der Waals surface area contributed by atoms with Gasteiger partial charge in [0, 0.05) is 59.8 Å². The van der Waals surface area contributed by atoms with E-state index >= 15 is 0 Å². The van der Waals surface area contributed by atoms with Crippen LogP contribution in [-0.2, 0) is 9.47 Å². The largest absolute Gasteiger partial charge is 0.444 e. The molecule has 336 valence electrons. The molecule has 14 nitrogen and oxygen atoms in total. The molecule has 61 heavy (non-hydrogen) atoms. The van der Waals surface area contributed by atoms with Gasteiger partial charge in [0.1, 0.15) is 22.2 Å². The van der Waals surface area contributed by atoms with Crippen molar-refractivity contribution in [1.29, 1.82) is 0 Å². The number of likely N-dealkylation sites (tertiary alicyclic amines) is 2. The van der Waals surface area contributed by atoms with Crippen molar-refractivity contribution in [2.75, 3.05) is 18.4 Å². The molecule has 9 rings (SSSR count). The monoisotopic (exact) mass is 863 g/mol. The lowest BCUT2D eigenvalue weighted by atomic mass is 10.00. The third kappa shape index (κ3) is 12.5. The molecule has 2 saturated heterocycles. The van der Waals surface area contributed by atoms with E-state index in [9.17, 15) is 9.59 Å². The Morgan fingerprint density at radius 2 is 1.08 bits per heavy atom. The molecule has 0 unspecified atom stereocenters. The number of hydrogen-bond acceptors (Lipinski definition) is 10. The number of halogens is 1. The Hall–Kier alpha value is -4.17. The van der Waals surface area contributed by atoms with Gasteiger partial charge in [-0.1, -0.05) is 37.3 Å². The van der Waals surface area contributed by atoms with Crippen molar-refractivity contribution in [2.45, 2.75) is 194 Å². The second-order valence-corrected chi connectivity index (χ2v) is 19.9. The lowest BCUT2D eigenvalue weighted by molar-refractivity contribution is 0.00800. The van der Waals surface area contributed by atoms with Gasteiger partial charge in [0.2, 0.25) is 0 Å². The highest BCUT2D eigenvalue weighted by molar-refractivity contribution is 6.30. The highest BCUT2D eigenvalue weighted by Crippen LogP contribution is 2.35. The Kier molecular flexibility index (Phi) is 14.8. The van der Waals surface area contributed by atoms with Crippen LogP contribution in [0.3, 0.4) is 0 Å². The lowest BCUT2D eigenvalue weighted by Gasteiger charge is -2.35. The molecule has 4 aromatic heterocycles. The molecule has 6 heterocycles. The summed E-state index contributed by atoms with van der Waals surface area (Å²) in [5.74, 6) is 1.02. The third-order valence-electron chi connectivity index (χ3n) is 11.6. The fraction of sp³-hybridized carbons (Fsp3) is 0.696. The number of nitrogens with zero attached hydrogens (tertiary/aromatic N) is 8. The first-order chi connectivity index (χ1) is 28.8. The molecule has 15 heteroatoms. The van der Waals surface area contributed by atoms with Gasteiger partial charge in [0.05, 0.1) is 23.5 Å². The summed E-state index contributed by atoms with van der Waals surface area (Å²) < 4.78 is 14.8. The first-order valence-electron chi connectivity index (χ1n) is 22.7. The zero-order valence-electron chi connectivity index (χ0n) is 38.4. The number of aryl methyl sites for hydroxylation is 2. The Morgan fingerprint density at radius 3 is 1.49 bits per heavy atom. The number of nitrogens with one attached hydrogen (secondary N) is 1. The average molecular weight is 864 g/mol. The summed E-state index contributed by atoms with van der Waals surface area (Å²) in [6, 6.07) is 4.88. The Bertz CT molecular complexity index is 2140. The van der Waals surface area contributed by atoms with Gasteiger partial charge in [0.25, 0.3) is 0 Å². The number of hydrogen-bond donors (Lipinski definition) is 2. The predicted molar refractivity (Wildman–Crippen MR) is 241 cm³/mol. The molecule has 3 saturated carbocycles. The molecular weight excluding hydrogens is 792 g/mol. The van der Waals surface area contributed by atoms with E-state index < -0.39 is 11.2 Å². The van der Waals surface area contributed by atoms with Crippen molar-refractivity contribution in [3.8, 4) is 0 Å². The summed E-state index contributed by atoms with van der Waals surface area (Å²) in [6.07, 6.45) is 16.2. The topological polar surface area (TPSA) is 158 Å². The van der Waals surface area contributed by atoms with Crippen molar-refractivity contribution in [3.05, 3.63) is 51.2 Å². The smallest absolute Gasteiger partial charge is 0.410 e. The number of anilines is 1. The maximum Gasteiger partial charge on any atom is 0.410 e. The molecule has 0 bridgehead atoms. The number of nitrogens with two attached hydrogens (primary N) is 1. The van der Waals surface area contributed by atoms with E-state index in [1.54, 1.807) is 9.42 Å². The summed E-state index contributed by atoms with van der Waals surface area (Å²) in [5.41, 5.74) is 11.4. The molecule has 5 aliphatic rings. The minimum atomic E-state index is -0.517. The maximum atomic E-state index is 12.8. The fourth-order valence-corrected chi connectivity index (χ4v) is 7.48. The van der Waals surface area contributed by atoms with Gasteiger partial charge in [0.15, 0.2) is 11.3 Å². The Labute approximate surface area is 367 Å². The van der Waals surface area contributed by atoms with Crippen LogP contribution in [0.2, 0.25) is 5.15 Å². The van der Waals surface area contributed by atoms with E-state index in [2.05, 4.69) is 22.3 Å². The van der Waals surface area contributed by atoms with Crippen LogP contribution in [0, 0.1) is 27.7 Å². The van der Waals surface area contributed by atoms with Gasteiger partial charge in [-0.05, 0) is 133 Å². The van der Waals surface area contributed by atoms with Crippen LogP contribution in [-0.4, -0.2) is 87.6 Å². The SMILES string of the molecule is C1CCC1.Cc1nc2cc([C@@H]3CCCCN3C(=O)OC(C)(C)C)nn2c(Cl)c1C.Cc1nc2cc([C@@H]3CCCCN3C(=O)OC(C)(C)C)nn2c(NC2CC2)c1C.NC1CC1. The van der Waals surface area contributed by atoms with Gasteiger partial charge in [-0.15, -0.1) is 0 Å². The number of ether oxygens (including phenoxy) is 2. The summed E-state index contributed by atoms with van der Waals surface area (Å²) in [4.78, 5) is 38.3. The summed E-state index contributed by atoms with van der Waals surface area (Å²) >= 11 is 6.42. The molecule has 0 aromatic carbocycles. The van der Waals surface area contributed by atoms with E-state index in [0.29, 0.717) is 36.0 Å². The maximum absolute atomic E-state index is 12.8. The summed E-state index contributed by atoms with van der Waals surface area (Å²) in [7, 11) is 0. The standard InChI is InChI=1S/C21H31N5O2.C18H25ClN4O2.C4H8.C3H7N/c1-13-14(2)22-18-12-16(24-26(18)19(13)23-15-9-10-15)17-8-6-7-11-25(17)20(27)28-21(3,4)5;1-11-12(2)20-15-10-13(21-23(15)16(11)19)14-8-6-7-9-22(14)17(24)25-18(3,4)5;1-2-4-3-1;4-3-1-2-3/h12,15,17,23H,6-11H2,1-5H3;10,14H,6-9H2,1-5H3;1-4H2;3H,1-2,4H2/t17-;14-;;/m00../s1. The number of piperidine rings is 2. The van der Waals surface area contributed by atoms with Gasteiger partial charge in [-0.2, -0.15) is 14.7 Å². The van der Waals surface area contributed by atoms with Gasteiger partial charge in [-0.3, -0.25) is 9.80 Å². The number of carbonyl (C=O) groups is 2. The summed E-state index contributed by atoms with van der Waals surface area (Å²) in [5, 5.41) is 13.7. The first-order valence-corrected chi connectivity index (χ1v) is 23.1. The quantitative estimate of drug-likeness (QED) is 0.189. The minimum Gasteiger partial charge on any atom is -0.444 e. The summed E-state index contributed by atoms with van der Waals surface area (Å²) in [6.45, 7) is 20.7. The predicted octanol–water partition coefficient (Wildman–Crippen LogP) is 10.5. The van der Waals surface area contributed by atoms with Gasteiger partial charge >= 0.3 is 12.2 Å². The average Bonchev–Trinajstić information content (AvgIpc) is 4.07. The molecule has 3 N–H and O–H groups in total. The van der Waals surface area contributed by atoms with Crippen LogP contribution in [0.15, 0.2) is 12.1 Å². The van der Waals surface area contributed by atoms with Crippen molar-refractivity contribution < 1.29 is 19.1 Å². The number of fused-ring (bicyclic) bond motifs is 2. The van der Waals surface area contributed by atoms with Crippen LogP contribution in [0.1, 0.15) is 177 Å². The van der Waals surface area contributed by atoms with Gasteiger partial charge < -0.3 is 20.5 Å². The number of carbonyl (C=O) groups excluding carboxylic acids is 2. The lowest BCUT2D eigenvalue weighted by Crippen LogP contribution is -2.42. The number of aromatic nitrogens is 6. The fourth-order valence-electron chi connectivity index (χ4n) is 7.21. The first kappa shape index (κ1) is 46.3. The van der Waals surface area contributed by atoms with E-state index in [-0.39, 0.29) is 24.3 Å². The zero-order valence-corrected chi connectivity index (χ0v) is 39.2. The van der Waals surface area contributed by atoms with Crippen LogP contribution in [0.5, 0.6) is 0 Å². The van der Waals surface area contributed by atoms with E-state index in [0.717, 1.165) is 83.9 Å². The van der Waals surface area contributed by atoms with Crippen LogP contribution < -0.4 is 11.1 Å². The number of amides is 2.